The molecule has 0 unspecified atom stereocenters. The summed E-state index contributed by atoms with van der Waals surface area (Å²) in [5.74, 6) is 1.96. The van der Waals surface area contributed by atoms with Crippen LogP contribution in [0.4, 0.5) is 5.82 Å². The molecule has 0 N–H and O–H groups in total. The van der Waals surface area contributed by atoms with Crippen LogP contribution in [0.1, 0.15) is 63.7 Å². The minimum atomic E-state index is 0.856. The van der Waals surface area contributed by atoms with Crippen molar-refractivity contribution in [2.45, 2.75) is 66.7 Å². The quantitative estimate of drug-likeness (QED) is 0.811. The van der Waals surface area contributed by atoms with Crippen molar-refractivity contribution in [3.8, 4) is 0 Å². The van der Waals surface area contributed by atoms with Crippen molar-refractivity contribution in [1.82, 2.24) is 15.0 Å². The van der Waals surface area contributed by atoms with Gasteiger partial charge in [0.15, 0.2) is 0 Å². The molecule has 0 bridgehead atoms. The molecule has 23 heavy (non-hydrogen) atoms. The van der Waals surface area contributed by atoms with Crippen LogP contribution in [0.3, 0.4) is 0 Å². The van der Waals surface area contributed by atoms with E-state index in [1.807, 2.05) is 27.7 Å². The van der Waals surface area contributed by atoms with Crippen molar-refractivity contribution < 1.29 is 0 Å². The molecule has 1 saturated heterocycles. The van der Waals surface area contributed by atoms with Gasteiger partial charge < -0.3 is 4.90 Å². The predicted molar refractivity (Wildman–Crippen MR) is 98.2 cm³/mol. The molecule has 126 valence electrons. The third-order valence-corrected chi connectivity index (χ3v) is 4.22. The van der Waals surface area contributed by atoms with Gasteiger partial charge in [0, 0.05) is 18.8 Å². The number of nitrogens with zero attached hydrogens (tertiary/aromatic N) is 4. The average Bonchev–Trinajstić information content (AvgIpc) is 2.84. The van der Waals surface area contributed by atoms with Crippen molar-refractivity contribution >= 4 is 16.7 Å². The summed E-state index contributed by atoms with van der Waals surface area (Å²) in [6, 6.07) is 2.09. The molecule has 0 saturated carbocycles. The van der Waals surface area contributed by atoms with E-state index in [1.54, 1.807) is 0 Å². The Morgan fingerprint density at radius 3 is 2.22 bits per heavy atom. The summed E-state index contributed by atoms with van der Waals surface area (Å²) >= 11 is 0. The summed E-state index contributed by atoms with van der Waals surface area (Å²) in [7, 11) is 0. The van der Waals surface area contributed by atoms with Gasteiger partial charge in [0.05, 0.1) is 16.6 Å². The first-order chi connectivity index (χ1) is 11.2. The first-order valence-corrected chi connectivity index (χ1v) is 9.09. The first-order valence-electron chi connectivity index (χ1n) is 9.09. The second-order valence-electron chi connectivity index (χ2n) is 5.95. The molecule has 3 rings (SSSR count). The molecule has 1 aliphatic rings. The number of rotatable bonds is 2. The summed E-state index contributed by atoms with van der Waals surface area (Å²) < 4.78 is 0. The number of hydrogen-bond acceptors (Lipinski definition) is 4. The monoisotopic (exact) mass is 314 g/mol. The second-order valence-corrected chi connectivity index (χ2v) is 5.95. The number of aryl methyl sites for hydroxylation is 3. The lowest BCUT2D eigenvalue weighted by molar-refractivity contribution is 0.726. The van der Waals surface area contributed by atoms with Crippen molar-refractivity contribution in [3.63, 3.8) is 0 Å². The Hall–Kier alpha value is -1.71. The fourth-order valence-electron chi connectivity index (χ4n) is 3.23. The zero-order valence-electron chi connectivity index (χ0n) is 15.3. The Morgan fingerprint density at radius 1 is 0.957 bits per heavy atom. The van der Waals surface area contributed by atoms with Crippen LogP contribution in [0.25, 0.3) is 10.9 Å². The molecule has 0 spiro atoms. The number of pyridine rings is 1. The summed E-state index contributed by atoms with van der Waals surface area (Å²) in [4.78, 5) is 16.6. The molecule has 0 amide bonds. The van der Waals surface area contributed by atoms with E-state index < -0.39 is 0 Å². The van der Waals surface area contributed by atoms with Gasteiger partial charge in [-0.05, 0) is 39.2 Å². The van der Waals surface area contributed by atoms with Gasteiger partial charge in [-0.3, -0.25) is 4.98 Å². The number of aromatic nitrogens is 3. The zero-order valence-corrected chi connectivity index (χ0v) is 15.3. The summed E-state index contributed by atoms with van der Waals surface area (Å²) in [5, 5.41) is 1.16. The van der Waals surface area contributed by atoms with Gasteiger partial charge in [0.2, 0.25) is 0 Å². The Morgan fingerprint density at radius 2 is 1.61 bits per heavy atom. The largest absolute Gasteiger partial charge is 0.356 e. The molecule has 0 aliphatic carbocycles. The standard InChI is InChI=1S/C17H24N4.C2H6/c1-4-14-16-15(11-12(2)18-14)19-13(3)20-17(16)21-9-7-5-6-8-10-21;1-2/h11H,4-10H2,1-3H3;1-2H3. The van der Waals surface area contributed by atoms with Gasteiger partial charge >= 0.3 is 0 Å². The smallest absolute Gasteiger partial charge is 0.142 e. The Balaban J connectivity index is 0.000000924. The van der Waals surface area contributed by atoms with Crippen LogP contribution in [0, 0.1) is 13.8 Å². The molecule has 4 heteroatoms. The lowest BCUT2D eigenvalue weighted by Gasteiger charge is -2.24. The van der Waals surface area contributed by atoms with Gasteiger partial charge in [0.25, 0.3) is 0 Å². The highest BCUT2D eigenvalue weighted by Gasteiger charge is 2.18. The van der Waals surface area contributed by atoms with Crippen molar-refractivity contribution in [3.05, 3.63) is 23.3 Å². The van der Waals surface area contributed by atoms with Crippen molar-refractivity contribution in [1.29, 1.82) is 0 Å². The third kappa shape index (κ3) is 3.98. The van der Waals surface area contributed by atoms with E-state index in [1.165, 1.54) is 25.7 Å². The molecule has 4 nitrogen and oxygen atoms in total. The molecular formula is C19H30N4. The SMILES string of the molecule is CC.CCc1nc(C)cc2nc(C)nc(N3CCCCCC3)c12. The normalized spacial score (nSPS) is 15.1. The number of hydrogen-bond donors (Lipinski definition) is 0. The van der Waals surface area contributed by atoms with Gasteiger partial charge in [-0.1, -0.05) is 33.6 Å². The van der Waals surface area contributed by atoms with E-state index in [0.29, 0.717) is 0 Å². The van der Waals surface area contributed by atoms with E-state index in [4.69, 9.17) is 9.97 Å². The highest BCUT2D eigenvalue weighted by molar-refractivity contribution is 5.92. The second kappa shape index (κ2) is 8.23. The van der Waals surface area contributed by atoms with E-state index in [-0.39, 0.29) is 0 Å². The van der Waals surface area contributed by atoms with Crippen molar-refractivity contribution in [2.75, 3.05) is 18.0 Å². The van der Waals surface area contributed by atoms with Gasteiger partial charge in [-0.15, -0.1) is 0 Å². The molecule has 2 aromatic heterocycles. The van der Waals surface area contributed by atoms with Crippen LogP contribution in [0.5, 0.6) is 0 Å². The third-order valence-electron chi connectivity index (χ3n) is 4.22. The molecule has 1 fully saturated rings. The Bertz CT molecular complexity index is 638. The molecule has 3 heterocycles. The maximum atomic E-state index is 4.78. The number of anilines is 1. The molecule has 0 atom stereocenters. The van der Waals surface area contributed by atoms with Crippen LogP contribution in [-0.2, 0) is 6.42 Å². The molecule has 1 aliphatic heterocycles. The molecule has 0 radical (unpaired) electrons. The van der Waals surface area contributed by atoms with Crippen LogP contribution in [0.15, 0.2) is 6.07 Å². The van der Waals surface area contributed by atoms with Gasteiger partial charge in [0.1, 0.15) is 11.6 Å². The average molecular weight is 314 g/mol. The maximum absolute atomic E-state index is 4.78. The lowest BCUT2D eigenvalue weighted by atomic mass is 10.1. The highest BCUT2D eigenvalue weighted by atomic mass is 15.2. The first kappa shape index (κ1) is 17.6. The van der Waals surface area contributed by atoms with Gasteiger partial charge in [-0.25, -0.2) is 9.97 Å². The highest BCUT2D eigenvalue weighted by Crippen LogP contribution is 2.29. The molecule has 2 aromatic rings. The van der Waals surface area contributed by atoms with E-state index in [2.05, 4.69) is 22.9 Å². The van der Waals surface area contributed by atoms with E-state index in [0.717, 1.165) is 53.4 Å². The Labute approximate surface area is 140 Å². The lowest BCUT2D eigenvalue weighted by Crippen LogP contribution is -2.26. The fourth-order valence-corrected chi connectivity index (χ4v) is 3.23. The van der Waals surface area contributed by atoms with Crippen LogP contribution in [-0.4, -0.2) is 28.0 Å². The maximum Gasteiger partial charge on any atom is 0.142 e. The minimum absolute atomic E-state index is 0.856. The van der Waals surface area contributed by atoms with Crippen LogP contribution in [0.2, 0.25) is 0 Å². The van der Waals surface area contributed by atoms with Crippen LogP contribution >= 0.6 is 0 Å². The Kier molecular flexibility index (Phi) is 6.31. The predicted octanol–water partition coefficient (Wildman–Crippen LogP) is 4.61. The topological polar surface area (TPSA) is 41.9 Å². The molecular weight excluding hydrogens is 284 g/mol. The summed E-state index contributed by atoms with van der Waals surface area (Å²) in [5.41, 5.74) is 3.22. The van der Waals surface area contributed by atoms with E-state index in [9.17, 15) is 0 Å². The zero-order chi connectivity index (χ0) is 16.8. The van der Waals surface area contributed by atoms with E-state index >= 15 is 0 Å². The minimum Gasteiger partial charge on any atom is -0.356 e. The summed E-state index contributed by atoms with van der Waals surface area (Å²) in [6.45, 7) is 12.4. The molecule has 0 aromatic carbocycles. The fraction of sp³-hybridized carbons (Fsp3) is 0.632. The van der Waals surface area contributed by atoms with Crippen molar-refractivity contribution in [2.24, 2.45) is 0 Å². The summed E-state index contributed by atoms with van der Waals surface area (Å²) in [6.07, 6.45) is 6.09. The number of fused-ring (bicyclic) bond motifs is 1. The van der Waals surface area contributed by atoms with Gasteiger partial charge in [-0.2, -0.15) is 0 Å². The van der Waals surface area contributed by atoms with Crippen LogP contribution < -0.4 is 4.90 Å².